The first-order valence-corrected chi connectivity index (χ1v) is 7.86. The molecule has 5 heteroatoms. The van der Waals surface area contributed by atoms with Crippen molar-refractivity contribution in [1.82, 2.24) is 10.2 Å². The van der Waals surface area contributed by atoms with Gasteiger partial charge in [0.15, 0.2) is 0 Å². The van der Waals surface area contributed by atoms with E-state index in [0.29, 0.717) is 19.6 Å². The van der Waals surface area contributed by atoms with E-state index in [9.17, 15) is 9.90 Å². The number of aliphatic hydroxyl groups excluding tert-OH is 1. The highest BCUT2D eigenvalue weighted by molar-refractivity contribution is 5.68. The lowest BCUT2D eigenvalue weighted by Crippen LogP contribution is -2.41. The number of nitrogens with one attached hydrogen (secondary N) is 1. The molecular weight excluding hydrogens is 268 g/mol. The number of ether oxygens (including phenoxy) is 1. The third-order valence-corrected chi connectivity index (χ3v) is 3.33. The van der Waals surface area contributed by atoms with Crippen molar-refractivity contribution < 1.29 is 14.6 Å². The van der Waals surface area contributed by atoms with Crippen LogP contribution in [-0.4, -0.2) is 53.5 Å². The number of hydrogen-bond donors (Lipinski definition) is 2. The van der Waals surface area contributed by atoms with Gasteiger partial charge >= 0.3 is 6.09 Å². The van der Waals surface area contributed by atoms with Gasteiger partial charge in [-0.1, -0.05) is 20.8 Å². The molecule has 1 aliphatic heterocycles. The van der Waals surface area contributed by atoms with Crippen molar-refractivity contribution in [3.05, 3.63) is 0 Å². The Kier molecular flexibility index (Phi) is 6.05. The molecule has 0 radical (unpaired) electrons. The topological polar surface area (TPSA) is 61.8 Å². The summed E-state index contributed by atoms with van der Waals surface area (Å²) in [6.07, 6.45) is 1.08. The molecule has 0 aromatic rings. The number of likely N-dealkylation sites (tertiary alicyclic amines) is 1. The van der Waals surface area contributed by atoms with Gasteiger partial charge in [0.2, 0.25) is 0 Å². The molecule has 2 atom stereocenters. The van der Waals surface area contributed by atoms with E-state index in [2.05, 4.69) is 26.1 Å². The van der Waals surface area contributed by atoms with Crippen molar-refractivity contribution in [2.45, 2.75) is 72.1 Å². The van der Waals surface area contributed by atoms with Gasteiger partial charge in [-0.15, -0.1) is 0 Å². The second-order valence-corrected chi connectivity index (χ2v) is 8.24. The second kappa shape index (κ2) is 6.97. The predicted octanol–water partition coefficient (Wildman–Crippen LogP) is 2.38. The molecule has 124 valence electrons. The molecule has 1 fully saturated rings. The van der Waals surface area contributed by atoms with Crippen molar-refractivity contribution in [1.29, 1.82) is 0 Å². The number of carbonyl (C=O) groups is 1. The minimum Gasteiger partial charge on any atom is -0.444 e. The molecule has 2 N–H and O–H groups in total. The Morgan fingerprint density at radius 3 is 2.48 bits per heavy atom. The maximum Gasteiger partial charge on any atom is 0.410 e. The van der Waals surface area contributed by atoms with Crippen LogP contribution in [0.15, 0.2) is 0 Å². The monoisotopic (exact) mass is 300 g/mol. The summed E-state index contributed by atoms with van der Waals surface area (Å²) in [6, 6.07) is 0.243. The fraction of sp³-hybridized carbons (Fsp3) is 0.938. The van der Waals surface area contributed by atoms with E-state index in [-0.39, 0.29) is 23.7 Å². The number of hydrogen-bond acceptors (Lipinski definition) is 4. The Bertz CT molecular complexity index is 344. The summed E-state index contributed by atoms with van der Waals surface area (Å²) in [5.74, 6) is 0. The van der Waals surface area contributed by atoms with Crippen molar-refractivity contribution in [2.24, 2.45) is 5.41 Å². The van der Waals surface area contributed by atoms with E-state index in [1.807, 2.05) is 20.8 Å². The number of aliphatic hydroxyl groups is 1. The van der Waals surface area contributed by atoms with Crippen LogP contribution in [0.2, 0.25) is 0 Å². The molecule has 1 rings (SSSR count). The molecule has 0 bridgehead atoms. The fourth-order valence-electron chi connectivity index (χ4n) is 2.50. The Morgan fingerprint density at radius 2 is 1.95 bits per heavy atom. The van der Waals surface area contributed by atoms with Crippen molar-refractivity contribution >= 4 is 6.09 Å². The Hall–Kier alpha value is -0.810. The number of rotatable bonds is 4. The first-order valence-electron chi connectivity index (χ1n) is 7.86. The van der Waals surface area contributed by atoms with Gasteiger partial charge in [-0.25, -0.2) is 4.79 Å². The number of amides is 1. The molecule has 0 aromatic heterocycles. The van der Waals surface area contributed by atoms with Crippen LogP contribution in [0.1, 0.15) is 54.4 Å². The lowest BCUT2D eigenvalue weighted by atomic mass is 9.89. The normalized spacial score (nSPS) is 21.5. The van der Waals surface area contributed by atoms with Crippen LogP contribution in [0.25, 0.3) is 0 Å². The van der Waals surface area contributed by atoms with Gasteiger partial charge < -0.3 is 20.1 Å². The van der Waals surface area contributed by atoms with Crippen LogP contribution in [0.4, 0.5) is 4.79 Å². The molecule has 1 saturated heterocycles. The van der Waals surface area contributed by atoms with Crippen molar-refractivity contribution in [3.63, 3.8) is 0 Å². The summed E-state index contributed by atoms with van der Waals surface area (Å²) < 4.78 is 5.37. The zero-order chi connectivity index (χ0) is 16.3. The first-order chi connectivity index (χ1) is 9.46. The molecule has 1 heterocycles. The molecule has 0 spiro atoms. The summed E-state index contributed by atoms with van der Waals surface area (Å²) in [5.41, 5.74) is -0.329. The molecule has 2 unspecified atom stereocenters. The third kappa shape index (κ3) is 7.67. The van der Waals surface area contributed by atoms with E-state index >= 15 is 0 Å². The van der Waals surface area contributed by atoms with Crippen molar-refractivity contribution in [3.8, 4) is 0 Å². The van der Waals surface area contributed by atoms with E-state index in [0.717, 1.165) is 12.8 Å². The predicted molar refractivity (Wildman–Crippen MR) is 84.3 cm³/mol. The van der Waals surface area contributed by atoms with Gasteiger partial charge in [0.1, 0.15) is 5.60 Å². The Balaban J connectivity index is 2.30. The van der Waals surface area contributed by atoms with Crippen LogP contribution < -0.4 is 5.32 Å². The van der Waals surface area contributed by atoms with Gasteiger partial charge in [-0.2, -0.15) is 0 Å². The quantitative estimate of drug-likeness (QED) is 0.837. The molecule has 0 aromatic carbocycles. The molecule has 21 heavy (non-hydrogen) atoms. The van der Waals surface area contributed by atoms with Crippen LogP contribution in [-0.2, 0) is 4.74 Å². The zero-order valence-electron chi connectivity index (χ0n) is 14.4. The Morgan fingerprint density at radius 1 is 1.33 bits per heavy atom. The maximum atomic E-state index is 12.0. The van der Waals surface area contributed by atoms with E-state index in [1.54, 1.807) is 4.90 Å². The highest BCUT2D eigenvalue weighted by Crippen LogP contribution is 2.21. The van der Waals surface area contributed by atoms with Gasteiger partial charge in [-0.05, 0) is 39.0 Å². The van der Waals surface area contributed by atoms with Crippen LogP contribution in [0.5, 0.6) is 0 Å². The standard InChI is InChI=1S/C16H32N2O3/c1-15(2,3)9-13(19)10-17-12-7-8-18(11-12)14(20)21-16(4,5)6/h12-13,17,19H,7-11H2,1-6H3. The molecular formula is C16H32N2O3. The minimum absolute atomic E-state index is 0.124. The number of carbonyl (C=O) groups excluding carboxylic acids is 1. The lowest BCUT2D eigenvalue weighted by Gasteiger charge is -2.25. The highest BCUT2D eigenvalue weighted by Gasteiger charge is 2.30. The van der Waals surface area contributed by atoms with E-state index < -0.39 is 5.60 Å². The maximum absolute atomic E-state index is 12.0. The summed E-state index contributed by atoms with van der Waals surface area (Å²) in [6.45, 7) is 13.9. The molecule has 5 nitrogen and oxygen atoms in total. The highest BCUT2D eigenvalue weighted by atomic mass is 16.6. The molecule has 1 amide bonds. The van der Waals surface area contributed by atoms with Gasteiger partial charge in [0.05, 0.1) is 6.10 Å². The van der Waals surface area contributed by atoms with Crippen LogP contribution in [0.3, 0.4) is 0 Å². The van der Waals surface area contributed by atoms with Crippen LogP contribution >= 0.6 is 0 Å². The smallest absolute Gasteiger partial charge is 0.410 e. The van der Waals surface area contributed by atoms with E-state index in [4.69, 9.17) is 4.74 Å². The molecule has 1 aliphatic rings. The van der Waals surface area contributed by atoms with Gasteiger partial charge in [0.25, 0.3) is 0 Å². The summed E-state index contributed by atoms with van der Waals surface area (Å²) >= 11 is 0. The fourth-order valence-corrected chi connectivity index (χ4v) is 2.50. The average molecular weight is 300 g/mol. The molecule has 0 aliphatic carbocycles. The summed E-state index contributed by atoms with van der Waals surface area (Å²) in [7, 11) is 0. The lowest BCUT2D eigenvalue weighted by molar-refractivity contribution is 0.0290. The van der Waals surface area contributed by atoms with Crippen LogP contribution in [0, 0.1) is 5.41 Å². The number of nitrogens with zero attached hydrogens (tertiary/aromatic N) is 1. The Labute approximate surface area is 129 Å². The average Bonchev–Trinajstić information content (AvgIpc) is 2.70. The summed E-state index contributed by atoms with van der Waals surface area (Å²) in [4.78, 5) is 13.7. The van der Waals surface area contributed by atoms with E-state index in [1.165, 1.54) is 0 Å². The van der Waals surface area contributed by atoms with Gasteiger partial charge in [0, 0.05) is 25.7 Å². The molecule has 0 saturated carbocycles. The minimum atomic E-state index is -0.453. The van der Waals surface area contributed by atoms with Gasteiger partial charge in [-0.3, -0.25) is 0 Å². The first kappa shape index (κ1) is 18.2. The summed E-state index contributed by atoms with van der Waals surface area (Å²) in [5, 5.41) is 13.4. The second-order valence-electron chi connectivity index (χ2n) is 8.24. The zero-order valence-corrected chi connectivity index (χ0v) is 14.4. The third-order valence-electron chi connectivity index (χ3n) is 3.33. The SMILES string of the molecule is CC(C)(C)CC(O)CNC1CCN(C(=O)OC(C)(C)C)C1. The largest absolute Gasteiger partial charge is 0.444 e. The van der Waals surface area contributed by atoms with Crippen molar-refractivity contribution in [2.75, 3.05) is 19.6 Å².